The van der Waals surface area contributed by atoms with Gasteiger partial charge in [-0.05, 0) is 32.4 Å². The summed E-state index contributed by atoms with van der Waals surface area (Å²) in [7, 11) is 0. The Kier molecular flexibility index (Phi) is 3.98. The molecule has 0 amide bonds. The van der Waals surface area contributed by atoms with Gasteiger partial charge in [-0.15, -0.1) is 0 Å². The highest BCUT2D eigenvalue weighted by Crippen LogP contribution is 2.11. The molecule has 0 aliphatic heterocycles. The highest BCUT2D eigenvalue weighted by molar-refractivity contribution is 5.48. The van der Waals surface area contributed by atoms with Crippen LogP contribution in [0.4, 0.5) is 11.5 Å². The lowest BCUT2D eigenvalue weighted by Crippen LogP contribution is -2.03. The molecule has 0 saturated heterocycles. The molecule has 1 heterocycles. The molecule has 1 rings (SSSR count). The number of allylic oxidation sites excluding steroid dienone is 1. The predicted octanol–water partition coefficient (Wildman–Crippen LogP) is 2.35. The summed E-state index contributed by atoms with van der Waals surface area (Å²) < 4.78 is 0. The lowest BCUT2D eigenvalue weighted by Gasteiger charge is -2.05. The van der Waals surface area contributed by atoms with Crippen molar-refractivity contribution in [2.75, 3.05) is 17.6 Å². The summed E-state index contributed by atoms with van der Waals surface area (Å²) in [6.45, 7) is 4.83. The van der Waals surface area contributed by atoms with E-state index in [1.165, 1.54) is 0 Å². The van der Waals surface area contributed by atoms with Gasteiger partial charge < -0.3 is 11.1 Å². The molecule has 0 aliphatic carbocycles. The topological polar surface area (TPSA) is 50.9 Å². The van der Waals surface area contributed by atoms with Crippen molar-refractivity contribution in [3.8, 4) is 0 Å². The largest absolute Gasteiger partial charge is 0.397 e. The van der Waals surface area contributed by atoms with E-state index < -0.39 is 0 Å². The second-order valence-electron chi connectivity index (χ2n) is 3.16. The molecular weight excluding hydrogens is 174 g/mol. The molecule has 0 fully saturated rings. The first-order valence-corrected chi connectivity index (χ1v) is 4.82. The van der Waals surface area contributed by atoms with Gasteiger partial charge in [0, 0.05) is 6.54 Å². The number of pyridine rings is 1. The molecule has 0 saturated carbocycles. The average Bonchev–Trinajstić information content (AvgIpc) is 2.18. The predicted molar refractivity (Wildman–Crippen MR) is 61.3 cm³/mol. The van der Waals surface area contributed by atoms with E-state index in [-0.39, 0.29) is 0 Å². The van der Waals surface area contributed by atoms with Crippen molar-refractivity contribution < 1.29 is 0 Å². The maximum Gasteiger partial charge on any atom is 0.126 e. The first-order chi connectivity index (χ1) is 6.74. The summed E-state index contributed by atoms with van der Waals surface area (Å²) in [5.41, 5.74) is 7.28. The first kappa shape index (κ1) is 10.6. The van der Waals surface area contributed by atoms with Crippen molar-refractivity contribution in [3.63, 3.8) is 0 Å². The molecule has 0 aliphatic rings. The summed E-state index contributed by atoms with van der Waals surface area (Å²) in [5, 5.41) is 3.23. The number of rotatable bonds is 4. The quantitative estimate of drug-likeness (QED) is 0.567. The maximum absolute atomic E-state index is 5.66. The minimum atomic E-state index is 0.740. The number of hydrogen-bond acceptors (Lipinski definition) is 3. The van der Waals surface area contributed by atoms with Crippen molar-refractivity contribution in [1.82, 2.24) is 4.98 Å². The Morgan fingerprint density at radius 1 is 1.50 bits per heavy atom. The van der Waals surface area contributed by atoms with Crippen molar-refractivity contribution in [1.29, 1.82) is 0 Å². The zero-order valence-corrected chi connectivity index (χ0v) is 8.75. The third kappa shape index (κ3) is 3.09. The van der Waals surface area contributed by atoms with Gasteiger partial charge >= 0.3 is 0 Å². The fourth-order valence-electron chi connectivity index (χ4n) is 1.12. The summed E-state index contributed by atoms with van der Waals surface area (Å²) >= 11 is 0. The molecule has 0 radical (unpaired) electrons. The number of hydrogen-bond donors (Lipinski definition) is 2. The van der Waals surface area contributed by atoms with Crippen molar-refractivity contribution in [3.05, 3.63) is 30.0 Å². The Hall–Kier alpha value is -1.51. The molecule has 0 aromatic carbocycles. The average molecular weight is 191 g/mol. The van der Waals surface area contributed by atoms with Crippen LogP contribution < -0.4 is 11.1 Å². The molecule has 14 heavy (non-hydrogen) atoms. The summed E-state index contributed by atoms with van der Waals surface area (Å²) in [6, 6.07) is 3.78. The van der Waals surface area contributed by atoms with Gasteiger partial charge in [-0.1, -0.05) is 12.2 Å². The van der Waals surface area contributed by atoms with Gasteiger partial charge in [-0.3, -0.25) is 0 Å². The van der Waals surface area contributed by atoms with Crippen LogP contribution in [0.25, 0.3) is 0 Å². The smallest absolute Gasteiger partial charge is 0.126 e. The van der Waals surface area contributed by atoms with Crippen LogP contribution in [-0.4, -0.2) is 11.5 Å². The molecule has 0 unspecified atom stereocenters. The van der Waals surface area contributed by atoms with E-state index in [9.17, 15) is 0 Å². The Labute approximate surface area is 85.0 Å². The normalized spacial score (nSPS) is 10.7. The van der Waals surface area contributed by atoms with Crippen molar-refractivity contribution in [2.24, 2.45) is 0 Å². The lowest BCUT2D eigenvalue weighted by atomic mass is 10.3. The molecule has 0 bridgehead atoms. The third-order valence-corrected chi connectivity index (χ3v) is 1.98. The molecular formula is C11H17N3. The van der Waals surface area contributed by atoms with Crippen molar-refractivity contribution in [2.45, 2.75) is 20.3 Å². The van der Waals surface area contributed by atoms with E-state index in [0.717, 1.165) is 30.2 Å². The van der Waals surface area contributed by atoms with Crippen LogP contribution in [0.5, 0.6) is 0 Å². The monoisotopic (exact) mass is 191 g/mol. The molecule has 1 aromatic heterocycles. The van der Waals surface area contributed by atoms with E-state index in [4.69, 9.17) is 5.73 Å². The summed E-state index contributed by atoms with van der Waals surface area (Å²) in [4.78, 5) is 4.31. The highest BCUT2D eigenvalue weighted by Gasteiger charge is 1.96. The zero-order chi connectivity index (χ0) is 10.4. The van der Waals surface area contributed by atoms with E-state index in [2.05, 4.69) is 16.4 Å². The van der Waals surface area contributed by atoms with Crippen LogP contribution in [0, 0.1) is 6.92 Å². The molecule has 0 spiro atoms. The first-order valence-electron chi connectivity index (χ1n) is 4.82. The maximum atomic E-state index is 5.66. The number of nitrogens with two attached hydrogens (primary N) is 1. The van der Waals surface area contributed by atoms with Crippen LogP contribution in [0.15, 0.2) is 24.3 Å². The van der Waals surface area contributed by atoms with Gasteiger partial charge in [0.15, 0.2) is 0 Å². The number of aromatic nitrogens is 1. The van der Waals surface area contributed by atoms with Gasteiger partial charge in [0.05, 0.1) is 11.4 Å². The van der Waals surface area contributed by atoms with Crippen molar-refractivity contribution >= 4 is 11.5 Å². The zero-order valence-electron chi connectivity index (χ0n) is 8.75. The van der Waals surface area contributed by atoms with Gasteiger partial charge in [0.25, 0.3) is 0 Å². The molecule has 3 nitrogen and oxygen atoms in total. The number of nitrogen functional groups attached to an aromatic ring is 1. The van der Waals surface area contributed by atoms with E-state index >= 15 is 0 Å². The van der Waals surface area contributed by atoms with Crippen LogP contribution >= 0.6 is 0 Å². The minimum absolute atomic E-state index is 0.740. The van der Waals surface area contributed by atoms with Crippen LogP contribution in [0.1, 0.15) is 19.0 Å². The molecule has 76 valence electrons. The van der Waals surface area contributed by atoms with Crippen LogP contribution in [0.3, 0.4) is 0 Å². The van der Waals surface area contributed by atoms with Crippen LogP contribution in [0.2, 0.25) is 0 Å². The van der Waals surface area contributed by atoms with E-state index in [0.29, 0.717) is 0 Å². The van der Waals surface area contributed by atoms with Gasteiger partial charge in [-0.25, -0.2) is 4.98 Å². The van der Waals surface area contributed by atoms with E-state index in [1.54, 1.807) is 0 Å². The summed E-state index contributed by atoms with van der Waals surface area (Å²) in [6.07, 6.45) is 5.18. The second kappa shape index (κ2) is 5.27. The number of nitrogens with one attached hydrogen (secondary N) is 1. The van der Waals surface area contributed by atoms with Gasteiger partial charge in [-0.2, -0.15) is 0 Å². The Morgan fingerprint density at radius 2 is 2.29 bits per heavy atom. The second-order valence-corrected chi connectivity index (χ2v) is 3.16. The third-order valence-electron chi connectivity index (χ3n) is 1.98. The highest BCUT2D eigenvalue weighted by atomic mass is 15.0. The number of aryl methyl sites for hydroxylation is 1. The number of anilines is 2. The minimum Gasteiger partial charge on any atom is -0.397 e. The molecule has 1 aromatic rings. The fraction of sp³-hybridized carbons (Fsp3) is 0.364. The van der Waals surface area contributed by atoms with Gasteiger partial charge in [0.1, 0.15) is 5.82 Å². The standard InChI is InChI=1S/C11H17N3/c1-3-4-5-8-13-11-7-6-10(12)9(2)14-11/h3-4,6-7H,5,8,12H2,1-2H3,(H,13,14)/b4-3+. The molecule has 3 N–H and O–H groups in total. The Morgan fingerprint density at radius 3 is 2.93 bits per heavy atom. The SMILES string of the molecule is C/C=C/CCNc1ccc(N)c(C)n1. The number of nitrogens with zero attached hydrogens (tertiary/aromatic N) is 1. The Bertz CT molecular complexity index is 318. The lowest BCUT2D eigenvalue weighted by molar-refractivity contribution is 1.04. The van der Waals surface area contributed by atoms with E-state index in [1.807, 2.05) is 32.1 Å². The molecule has 0 atom stereocenters. The summed E-state index contributed by atoms with van der Waals surface area (Å²) in [5.74, 6) is 0.890. The fourth-order valence-corrected chi connectivity index (χ4v) is 1.12. The molecule has 3 heteroatoms. The Balaban J connectivity index is 2.47. The van der Waals surface area contributed by atoms with Gasteiger partial charge in [0.2, 0.25) is 0 Å². The van der Waals surface area contributed by atoms with Crippen LogP contribution in [-0.2, 0) is 0 Å².